The Morgan fingerprint density at radius 3 is 2.73 bits per heavy atom. The Bertz CT molecular complexity index is 1030. The van der Waals surface area contributed by atoms with Gasteiger partial charge in [0, 0.05) is 11.1 Å². The number of carbonyl (C=O) groups is 2. The lowest BCUT2D eigenvalue weighted by molar-refractivity contribution is 0.0701. The molecule has 6 heteroatoms. The highest BCUT2D eigenvalue weighted by Gasteiger charge is 2.28. The summed E-state index contributed by atoms with van der Waals surface area (Å²) < 4.78 is 15.8. The highest BCUT2D eigenvalue weighted by atomic mass is 35.5. The molecule has 0 aliphatic carbocycles. The van der Waals surface area contributed by atoms with E-state index in [1.54, 1.807) is 36.4 Å². The monoisotopic (exact) mass is 366 g/mol. The average Bonchev–Trinajstić information content (AvgIpc) is 3.24. The number of halogens is 1. The van der Waals surface area contributed by atoms with E-state index in [0.29, 0.717) is 16.3 Å². The molecule has 0 N–H and O–H groups in total. The van der Waals surface area contributed by atoms with E-state index in [2.05, 4.69) is 0 Å². The smallest absolute Gasteiger partial charge is 0.379 e. The first-order valence-corrected chi connectivity index (χ1v) is 8.07. The molecule has 0 atom stereocenters. The van der Waals surface area contributed by atoms with Crippen LogP contribution in [0.15, 0.2) is 71.0 Å². The molecule has 0 saturated carbocycles. The standard InChI is InChI=1S/C20H11ClO5/c21-13-4-1-3-12(9-13)10-18-19(22)15-7-6-14(11-17(15)26-18)25-20(23)16-5-2-8-24-16/h1-11H/b18-10-. The minimum absolute atomic E-state index is 0.0871. The van der Waals surface area contributed by atoms with Crippen molar-refractivity contribution in [1.82, 2.24) is 0 Å². The van der Waals surface area contributed by atoms with E-state index in [9.17, 15) is 9.59 Å². The predicted octanol–water partition coefficient (Wildman–Crippen LogP) is 4.77. The molecule has 0 saturated heterocycles. The summed E-state index contributed by atoms with van der Waals surface area (Å²) in [5, 5.41) is 0.564. The summed E-state index contributed by atoms with van der Waals surface area (Å²) in [4.78, 5) is 24.4. The number of fused-ring (bicyclic) bond motifs is 1. The summed E-state index contributed by atoms with van der Waals surface area (Å²) in [5.74, 6) is -0.0337. The van der Waals surface area contributed by atoms with E-state index >= 15 is 0 Å². The van der Waals surface area contributed by atoms with Gasteiger partial charge in [-0.15, -0.1) is 0 Å². The molecule has 1 aliphatic heterocycles. The SMILES string of the molecule is O=C(Oc1ccc2c(c1)O/C(=C\c1cccc(Cl)c1)C2=O)c1ccco1. The summed E-state index contributed by atoms with van der Waals surface area (Å²) >= 11 is 5.96. The van der Waals surface area contributed by atoms with Crippen molar-refractivity contribution in [1.29, 1.82) is 0 Å². The van der Waals surface area contributed by atoms with E-state index in [4.69, 9.17) is 25.5 Å². The van der Waals surface area contributed by atoms with Gasteiger partial charge in [-0.25, -0.2) is 4.79 Å². The van der Waals surface area contributed by atoms with Crippen LogP contribution in [0.3, 0.4) is 0 Å². The molecule has 0 spiro atoms. The average molecular weight is 367 g/mol. The topological polar surface area (TPSA) is 65.7 Å². The van der Waals surface area contributed by atoms with E-state index in [-0.39, 0.29) is 23.1 Å². The molecule has 3 aromatic rings. The van der Waals surface area contributed by atoms with Crippen molar-refractivity contribution in [3.63, 3.8) is 0 Å². The zero-order valence-corrected chi connectivity index (χ0v) is 14.0. The fourth-order valence-electron chi connectivity index (χ4n) is 2.53. The number of ketones is 1. The van der Waals surface area contributed by atoms with Crippen LogP contribution in [0.25, 0.3) is 6.08 Å². The summed E-state index contributed by atoms with van der Waals surface area (Å²) in [6.07, 6.45) is 3.00. The van der Waals surface area contributed by atoms with Crippen molar-refractivity contribution in [2.45, 2.75) is 0 Å². The van der Waals surface area contributed by atoms with Gasteiger partial charge < -0.3 is 13.9 Å². The normalized spacial score (nSPS) is 14.2. The van der Waals surface area contributed by atoms with Gasteiger partial charge in [-0.3, -0.25) is 4.79 Å². The predicted molar refractivity (Wildman–Crippen MR) is 94.5 cm³/mol. The van der Waals surface area contributed by atoms with Crippen LogP contribution in [0, 0.1) is 0 Å². The molecule has 1 aliphatic rings. The second-order valence-corrected chi connectivity index (χ2v) is 5.96. The van der Waals surface area contributed by atoms with E-state index < -0.39 is 5.97 Å². The number of allylic oxidation sites excluding steroid dienone is 1. The van der Waals surface area contributed by atoms with Crippen LogP contribution in [0.2, 0.25) is 5.02 Å². The first-order chi connectivity index (χ1) is 12.6. The van der Waals surface area contributed by atoms with Crippen molar-refractivity contribution in [3.05, 3.63) is 88.5 Å². The number of esters is 1. The number of rotatable bonds is 3. The van der Waals surface area contributed by atoms with Crippen molar-refractivity contribution >= 4 is 29.4 Å². The number of Topliss-reactive ketones (excluding diaryl/α,β-unsaturated/α-hetero) is 1. The van der Waals surface area contributed by atoms with Crippen molar-refractivity contribution in [2.75, 3.05) is 0 Å². The maximum Gasteiger partial charge on any atom is 0.379 e. The lowest BCUT2D eigenvalue weighted by Gasteiger charge is -2.04. The minimum atomic E-state index is -0.631. The highest BCUT2D eigenvalue weighted by Crippen LogP contribution is 2.35. The Balaban J connectivity index is 1.58. The quantitative estimate of drug-likeness (QED) is 0.379. The Hall–Kier alpha value is -3.31. The summed E-state index contributed by atoms with van der Waals surface area (Å²) in [7, 11) is 0. The van der Waals surface area contributed by atoms with E-state index in [1.807, 2.05) is 6.07 Å². The maximum absolute atomic E-state index is 12.5. The van der Waals surface area contributed by atoms with Gasteiger partial charge in [0.1, 0.15) is 11.5 Å². The molecule has 5 nitrogen and oxygen atoms in total. The third-order valence-corrected chi connectivity index (χ3v) is 3.96. The molecule has 26 heavy (non-hydrogen) atoms. The van der Waals surface area contributed by atoms with Crippen LogP contribution < -0.4 is 9.47 Å². The van der Waals surface area contributed by atoms with Gasteiger partial charge in [-0.05, 0) is 48.0 Å². The van der Waals surface area contributed by atoms with E-state index in [1.165, 1.54) is 24.5 Å². The van der Waals surface area contributed by atoms with Crippen molar-refractivity contribution in [2.24, 2.45) is 0 Å². The molecular formula is C20H11ClO5. The number of hydrogen-bond acceptors (Lipinski definition) is 5. The molecule has 4 rings (SSSR count). The largest absolute Gasteiger partial charge is 0.457 e. The van der Waals surface area contributed by atoms with Crippen LogP contribution in [0.5, 0.6) is 11.5 Å². The van der Waals surface area contributed by atoms with Crippen molar-refractivity contribution in [3.8, 4) is 11.5 Å². The van der Waals surface area contributed by atoms with Crippen LogP contribution >= 0.6 is 11.6 Å². The zero-order chi connectivity index (χ0) is 18.1. The van der Waals surface area contributed by atoms with Gasteiger partial charge >= 0.3 is 5.97 Å². The molecule has 0 unspecified atom stereocenters. The number of carbonyl (C=O) groups excluding carboxylic acids is 2. The third-order valence-electron chi connectivity index (χ3n) is 3.72. The molecular weight excluding hydrogens is 356 g/mol. The van der Waals surface area contributed by atoms with Crippen LogP contribution in [0.4, 0.5) is 0 Å². The minimum Gasteiger partial charge on any atom is -0.457 e. The zero-order valence-electron chi connectivity index (χ0n) is 13.3. The fraction of sp³-hybridized carbons (Fsp3) is 0. The second kappa shape index (κ2) is 6.54. The van der Waals surface area contributed by atoms with Gasteiger partial charge in [-0.1, -0.05) is 23.7 Å². The molecule has 2 heterocycles. The van der Waals surface area contributed by atoms with Gasteiger partial charge in [0.25, 0.3) is 0 Å². The fourth-order valence-corrected chi connectivity index (χ4v) is 2.73. The summed E-state index contributed by atoms with van der Waals surface area (Å²) in [5.41, 5.74) is 1.15. The highest BCUT2D eigenvalue weighted by molar-refractivity contribution is 6.30. The number of ether oxygens (including phenoxy) is 2. The molecule has 1 aromatic heterocycles. The summed E-state index contributed by atoms with van der Waals surface area (Å²) in [6.45, 7) is 0. The molecule has 0 bridgehead atoms. The molecule has 0 amide bonds. The van der Waals surface area contributed by atoms with Gasteiger partial charge in [0.15, 0.2) is 5.76 Å². The van der Waals surface area contributed by atoms with Crippen LogP contribution in [-0.4, -0.2) is 11.8 Å². The Labute approximate surface area is 153 Å². The number of hydrogen-bond donors (Lipinski definition) is 0. The first-order valence-electron chi connectivity index (χ1n) is 7.70. The second-order valence-electron chi connectivity index (χ2n) is 5.52. The van der Waals surface area contributed by atoms with E-state index in [0.717, 1.165) is 5.56 Å². The number of benzene rings is 2. The maximum atomic E-state index is 12.5. The lowest BCUT2D eigenvalue weighted by Crippen LogP contribution is -2.07. The first kappa shape index (κ1) is 16.2. The van der Waals surface area contributed by atoms with Crippen LogP contribution in [-0.2, 0) is 0 Å². The van der Waals surface area contributed by atoms with Gasteiger partial charge in [-0.2, -0.15) is 0 Å². The Morgan fingerprint density at radius 2 is 1.96 bits per heavy atom. The summed E-state index contributed by atoms with van der Waals surface area (Å²) in [6, 6.07) is 14.7. The van der Waals surface area contributed by atoms with Gasteiger partial charge in [0.05, 0.1) is 11.8 Å². The van der Waals surface area contributed by atoms with Crippen LogP contribution in [0.1, 0.15) is 26.5 Å². The molecule has 0 fully saturated rings. The number of furan rings is 1. The molecule has 2 aromatic carbocycles. The van der Waals surface area contributed by atoms with Crippen molar-refractivity contribution < 1.29 is 23.5 Å². The lowest BCUT2D eigenvalue weighted by atomic mass is 10.1. The Morgan fingerprint density at radius 1 is 1.08 bits per heavy atom. The molecule has 0 radical (unpaired) electrons. The van der Waals surface area contributed by atoms with Gasteiger partial charge in [0.2, 0.25) is 11.5 Å². The third kappa shape index (κ3) is 3.12. The molecule has 128 valence electrons. The Kier molecular flexibility index (Phi) is 4.07.